The third-order valence-electron chi connectivity index (χ3n) is 6.63. The maximum absolute atomic E-state index is 12.8. The largest absolute Gasteiger partial charge is 0.508 e. The van der Waals surface area contributed by atoms with Gasteiger partial charge in [0.15, 0.2) is 5.78 Å². The Hall–Kier alpha value is -2.59. The van der Waals surface area contributed by atoms with E-state index in [0.717, 1.165) is 46.5 Å². The zero-order valence-corrected chi connectivity index (χ0v) is 19.5. The quantitative estimate of drug-likeness (QED) is 0.518. The molecule has 0 unspecified atom stereocenters. The number of aromatic nitrogens is 1. The molecule has 2 heterocycles. The molecule has 31 heavy (non-hydrogen) atoms. The summed E-state index contributed by atoms with van der Waals surface area (Å²) in [5, 5.41) is 11.7. The van der Waals surface area contributed by atoms with E-state index in [4.69, 9.17) is 0 Å². The highest BCUT2D eigenvalue weighted by molar-refractivity contribution is 6.10. The number of benzene rings is 2. The zero-order chi connectivity index (χ0) is 22.3. The predicted molar refractivity (Wildman–Crippen MR) is 128 cm³/mol. The van der Waals surface area contributed by atoms with Gasteiger partial charge < -0.3 is 9.67 Å². The molecule has 1 aromatic heterocycles. The third-order valence-corrected chi connectivity index (χ3v) is 6.63. The number of Topliss-reactive ketones (excluding diaryl/α,β-unsaturated/α-hetero) is 1. The van der Waals surface area contributed by atoms with E-state index in [1.807, 2.05) is 13.0 Å². The van der Waals surface area contributed by atoms with E-state index in [1.54, 1.807) is 13.0 Å². The van der Waals surface area contributed by atoms with Crippen molar-refractivity contribution in [1.82, 2.24) is 9.47 Å². The van der Waals surface area contributed by atoms with Crippen LogP contribution in [-0.4, -0.2) is 33.4 Å². The third kappa shape index (κ3) is 4.01. The van der Waals surface area contributed by atoms with Crippen molar-refractivity contribution in [3.63, 3.8) is 0 Å². The van der Waals surface area contributed by atoms with Gasteiger partial charge in [0.25, 0.3) is 0 Å². The number of hydrogen-bond donors (Lipinski definition) is 1. The molecule has 2 aromatic carbocycles. The molecule has 1 aliphatic rings. The van der Waals surface area contributed by atoms with Crippen LogP contribution in [0.1, 0.15) is 74.1 Å². The molecular formula is C27H34N2O2. The fourth-order valence-electron chi connectivity index (χ4n) is 4.94. The number of rotatable bonds is 4. The first-order valence-corrected chi connectivity index (χ1v) is 11.4. The summed E-state index contributed by atoms with van der Waals surface area (Å²) in [5.41, 5.74) is 5.91. The van der Waals surface area contributed by atoms with E-state index in [-0.39, 0.29) is 16.9 Å². The van der Waals surface area contributed by atoms with Gasteiger partial charge in [-0.1, -0.05) is 39.3 Å². The lowest BCUT2D eigenvalue weighted by Crippen LogP contribution is -2.29. The molecule has 0 atom stereocenters. The number of phenolic OH excluding ortho intramolecular Hbond substituents is 1. The number of ketones is 1. The van der Waals surface area contributed by atoms with Crippen molar-refractivity contribution < 1.29 is 9.90 Å². The Morgan fingerprint density at radius 3 is 2.23 bits per heavy atom. The Balaban J connectivity index is 1.90. The molecule has 3 aromatic rings. The van der Waals surface area contributed by atoms with Crippen LogP contribution in [0.3, 0.4) is 0 Å². The lowest BCUT2D eigenvalue weighted by atomic mass is 9.87. The van der Waals surface area contributed by atoms with E-state index >= 15 is 0 Å². The van der Waals surface area contributed by atoms with Crippen molar-refractivity contribution in [2.24, 2.45) is 0 Å². The van der Waals surface area contributed by atoms with Crippen LogP contribution in [0.5, 0.6) is 5.75 Å². The van der Waals surface area contributed by atoms with Crippen molar-refractivity contribution >= 4 is 16.7 Å². The molecule has 1 saturated heterocycles. The molecule has 164 valence electrons. The summed E-state index contributed by atoms with van der Waals surface area (Å²) in [6.07, 6.45) is 3.65. The second-order valence-corrected chi connectivity index (χ2v) is 9.94. The minimum atomic E-state index is 0.0399. The molecule has 0 amide bonds. The number of nitrogens with zero attached hydrogens (tertiary/aromatic N) is 2. The monoisotopic (exact) mass is 418 g/mol. The van der Waals surface area contributed by atoms with Crippen LogP contribution < -0.4 is 0 Å². The van der Waals surface area contributed by atoms with Gasteiger partial charge in [0.2, 0.25) is 0 Å². The Labute approximate surface area is 185 Å². The van der Waals surface area contributed by atoms with Crippen molar-refractivity contribution in [1.29, 1.82) is 0 Å². The maximum Gasteiger partial charge on any atom is 0.162 e. The standard InChI is InChI=1S/C27H34N2O2/c1-18-25(19(2)30)26-22(17-28-15-7-6-8-16-28)24(31)14-13-23(26)29(18)21-11-9-20(10-12-21)27(3,4)5/h9-14,31H,6-8,15-17H2,1-5H3. The molecule has 4 rings (SSSR count). The summed E-state index contributed by atoms with van der Waals surface area (Å²) in [5.74, 6) is 0.318. The van der Waals surface area contributed by atoms with E-state index in [9.17, 15) is 9.90 Å². The Bertz CT molecular complexity index is 1110. The van der Waals surface area contributed by atoms with Crippen LogP contribution >= 0.6 is 0 Å². The number of fused-ring (bicyclic) bond motifs is 1. The maximum atomic E-state index is 12.8. The van der Waals surface area contributed by atoms with Crippen LogP contribution in [0.2, 0.25) is 0 Å². The highest BCUT2D eigenvalue weighted by Crippen LogP contribution is 2.37. The van der Waals surface area contributed by atoms with Gasteiger partial charge in [0.1, 0.15) is 5.75 Å². The number of hydrogen-bond acceptors (Lipinski definition) is 3. The van der Waals surface area contributed by atoms with Gasteiger partial charge in [0.05, 0.1) is 5.52 Å². The summed E-state index contributed by atoms with van der Waals surface area (Å²) in [4.78, 5) is 15.2. The summed E-state index contributed by atoms with van der Waals surface area (Å²) in [6.45, 7) is 13.0. The molecule has 4 heteroatoms. The fraction of sp³-hybridized carbons (Fsp3) is 0.444. The highest BCUT2D eigenvalue weighted by Gasteiger charge is 2.24. The normalized spacial score (nSPS) is 15.5. The molecular weight excluding hydrogens is 384 g/mol. The first-order chi connectivity index (χ1) is 14.7. The number of carbonyl (C=O) groups excluding carboxylic acids is 1. The van der Waals surface area contributed by atoms with Gasteiger partial charge in [-0.15, -0.1) is 0 Å². The lowest BCUT2D eigenvalue weighted by molar-refractivity contribution is 0.101. The van der Waals surface area contributed by atoms with Gasteiger partial charge in [-0.2, -0.15) is 0 Å². The molecule has 0 radical (unpaired) electrons. The second kappa shape index (κ2) is 8.16. The topological polar surface area (TPSA) is 45.5 Å². The summed E-state index contributed by atoms with van der Waals surface area (Å²) < 4.78 is 2.16. The Kier molecular flexibility index (Phi) is 5.69. The van der Waals surface area contributed by atoms with Crippen molar-refractivity contribution in [2.75, 3.05) is 13.1 Å². The van der Waals surface area contributed by atoms with Crippen LogP contribution in [0, 0.1) is 6.92 Å². The smallest absolute Gasteiger partial charge is 0.162 e. The molecule has 0 aliphatic carbocycles. The average Bonchev–Trinajstić information content (AvgIpc) is 3.02. The fourth-order valence-corrected chi connectivity index (χ4v) is 4.94. The number of aromatic hydroxyl groups is 1. The zero-order valence-electron chi connectivity index (χ0n) is 19.5. The molecule has 1 fully saturated rings. The molecule has 4 nitrogen and oxygen atoms in total. The van der Waals surface area contributed by atoms with Gasteiger partial charge in [-0.3, -0.25) is 9.69 Å². The molecule has 0 saturated carbocycles. The van der Waals surface area contributed by atoms with Crippen LogP contribution in [-0.2, 0) is 12.0 Å². The SMILES string of the molecule is CC(=O)c1c(C)n(-c2ccc(C(C)(C)C)cc2)c2ccc(O)c(CN3CCCCC3)c12. The van der Waals surface area contributed by atoms with Crippen LogP contribution in [0.15, 0.2) is 36.4 Å². The Morgan fingerprint density at radius 1 is 1.00 bits per heavy atom. The van der Waals surface area contributed by atoms with Gasteiger partial charge in [0, 0.05) is 34.4 Å². The van der Waals surface area contributed by atoms with Gasteiger partial charge in [-0.05, 0) is 75.0 Å². The molecule has 0 bridgehead atoms. The summed E-state index contributed by atoms with van der Waals surface area (Å²) >= 11 is 0. The highest BCUT2D eigenvalue weighted by atomic mass is 16.3. The predicted octanol–water partition coefficient (Wildman–Crippen LogP) is 6.13. The minimum absolute atomic E-state index is 0.0399. The Morgan fingerprint density at radius 2 is 1.65 bits per heavy atom. The number of phenols is 1. The lowest BCUT2D eigenvalue weighted by Gasteiger charge is -2.27. The van der Waals surface area contributed by atoms with Crippen LogP contribution in [0.4, 0.5) is 0 Å². The van der Waals surface area contributed by atoms with E-state index in [1.165, 1.54) is 24.8 Å². The number of piperidine rings is 1. The van der Waals surface area contributed by atoms with E-state index in [0.29, 0.717) is 6.54 Å². The van der Waals surface area contributed by atoms with Crippen molar-refractivity contribution in [3.8, 4) is 11.4 Å². The number of carbonyl (C=O) groups is 1. The average molecular weight is 419 g/mol. The van der Waals surface area contributed by atoms with Gasteiger partial charge in [-0.25, -0.2) is 0 Å². The second-order valence-electron chi connectivity index (χ2n) is 9.94. The van der Waals surface area contributed by atoms with Crippen molar-refractivity contribution in [3.05, 3.63) is 58.8 Å². The molecule has 0 spiro atoms. The molecule has 1 N–H and O–H groups in total. The van der Waals surface area contributed by atoms with Crippen molar-refractivity contribution in [2.45, 2.75) is 65.8 Å². The summed E-state index contributed by atoms with van der Waals surface area (Å²) in [6, 6.07) is 12.3. The minimum Gasteiger partial charge on any atom is -0.508 e. The first kappa shape index (κ1) is 21.6. The van der Waals surface area contributed by atoms with Gasteiger partial charge >= 0.3 is 0 Å². The van der Waals surface area contributed by atoms with E-state index in [2.05, 4.69) is 54.5 Å². The van der Waals surface area contributed by atoms with Crippen LogP contribution in [0.25, 0.3) is 16.6 Å². The molecule has 1 aliphatic heterocycles. The first-order valence-electron chi connectivity index (χ1n) is 11.4. The number of likely N-dealkylation sites (tertiary alicyclic amines) is 1. The van der Waals surface area contributed by atoms with E-state index < -0.39 is 0 Å². The summed E-state index contributed by atoms with van der Waals surface area (Å²) in [7, 11) is 0.